The zero-order valence-corrected chi connectivity index (χ0v) is 13.2. The molecular weight excluding hydrogens is 336 g/mol. The number of nitro benzene ring substituents is 1. The zero-order valence-electron chi connectivity index (χ0n) is 12.5. The molecule has 0 aliphatic rings. The monoisotopic (exact) mass is 348 g/mol. The number of urea groups is 1. The third-order valence-electron chi connectivity index (χ3n) is 3.04. The number of phenols is 1. The van der Waals surface area contributed by atoms with Gasteiger partial charge in [0.15, 0.2) is 0 Å². The summed E-state index contributed by atoms with van der Waals surface area (Å²) in [4.78, 5) is 21.8. The van der Waals surface area contributed by atoms with E-state index in [1.54, 1.807) is 12.1 Å². The van der Waals surface area contributed by atoms with Crippen molar-refractivity contribution in [2.75, 3.05) is 5.32 Å². The van der Waals surface area contributed by atoms with Gasteiger partial charge in [-0.3, -0.25) is 10.1 Å². The van der Waals surface area contributed by atoms with Crippen molar-refractivity contribution in [2.45, 2.75) is 6.92 Å². The summed E-state index contributed by atoms with van der Waals surface area (Å²) in [7, 11) is 0. The molecule has 0 unspecified atom stereocenters. The smallest absolute Gasteiger partial charge is 0.339 e. The van der Waals surface area contributed by atoms with Crippen molar-refractivity contribution < 1.29 is 14.8 Å². The van der Waals surface area contributed by atoms with E-state index < -0.39 is 22.4 Å². The lowest BCUT2D eigenvalue weighted by atomic mass is 10.2. The number of hydrazone groups is 1. The number of aromatic hydroxyl groups is 1. The number of para-hydroxylation sites is 1. The summed E-state index contributed by atoms with van der Waals surface area (Å²) in [6.45, 7) is 1.84. The topological polar surface area (TPSA) is 117 Å². The van der Waals surface area contributed by atoms with Crippen LogP contribution in [0.3, 0.4) is 0 Å². The van der Waals surface area contributed by atoms with E-state index in [1.165, 1.54) is 6.07 Å². The van der Waals surface area contributed by atoms with Crippen LogP contribution >= 0.6 is 11.6 Å². The van der Waals surface area contributed by atoms with E-state index in [1.807, 2.05) is 19.1 Å². The summed E-state index contributed by atoms with van der Waals surface area (Å²) in [6, 6.07) is 8.88. The van der Waals surface area contributed by atoms with Crippen LogP contribution in [0.1, 0.15) is 11.1 Å². The number of carbonyl (C=O) groups excluding carboxylic acids is 1. The number of nitrogens with zero attached hydrogens (tertiary/aromatic N) is 2. The van der Waals surface area contributed by atoms with E-state index in [2.05, 4.69) is 15.8 Å². The van der Waals surface area contributed by atoms with Gasteiger partial charge in [-0.25, -0.2) is 10.2 Å². The number of nitro groups is 1. The fourth-order valence-corrected chi connectivity index (χ4v) is 2.09. The number of amides is 2. The Kier molecular flexibility index (Phi) is 5.33. The molecule has 0 radical (unpaired) electrons. The molecular formula is C15H13ClN4O4. The number of halogens is 1. The number of anilines is 1. The van der Waals surface area contributed by atoms with Gasteiger partial charge in [0, 0.05) is 22.3 Å². The Morgan fingerprint density at radius 1 is 1.38 bits per heavy atom. The van der Waals surface area contributed by atoms with Gasteiger partial charge in [-0.1, -0.05) is 29.8 Å². The van der Waals surface area contributed by atoms with Gasteiger partial charge >= 0.3 is 11.7 Å². The average Bonchev–Trinajstić information content (AvgIpc) is 2.52. The summed E-state index contributed by atoms with van der Waals surface area (Å²) >= 11 is 5.76. The van der Waals surface area contributed by atoms with E-state index in [-0.39, 0.29) is 10.6 Å². The highest BCUT2D eigenvalue weighted by molar-refractivity contribution is 6.31. The number of benzene rings is 2. The van der Waals surface area contributed by atoms with Gasteiger partial charge in [-0.15, -0.1) is 0 Å². The molecule has 0 aliphatic carbocycles. The molecule has 2 rings (SSSR count). The first kappa shape index (κ1) is 17.2. The van der Waals surface area contributed by atoms with Gasteiger partial charge in [-0.2, -0.15) is 5.10 Å². The Balaban J connectivity index is 2.08. The normalized spacial score (nSPS) is 10.6. The van der Waals surface area contributed by atoms with Crippen LogP contribution in [0.25, 0.3) is 0 Å². The van der Waals surface area contributed by atoms with E-state index in [0.717, 1.165) is 17.8 Å². The van der Waals surface area contributed by atoms with Crippen LogP contribution in [0.15, 0.2) is 41.5 Å². The molecule has 0 bridgehead atoms. The molecule has 124 valence electrons. The maximum atomic E-state index is 11.7. The predicted octanol–water partition coefficient (Wildman–Crippen LogP) is 3.42. The van der Waals surface area contributed by atoms with Crippen LogP contribution in [0.5, 0.6) is 5.75 Å². The maximum absolute atomic E-state index is 11.7. The minimum Gasteiger partial charge on any atom is -0.502 e. The predicted molar refractivity (Wildman–Crippen MR) is 90.7 cm³/mol. The third-order valence-corrected chi connectivity index (χ3v) is 3.26. The Morgan fingerprint density at radius 3 is 2.75 bits per heavy atom. The van der Waals surface area contributed by atoms with Crippen LogP contribution in [0.4, 0.5) is 16.2 Å². The summed E-state index contributed by atoms with van der Waals surface area (Å²) in [6.07, 6.45) is 1.06. The lowest BCUT2D eigenvalue weighted by Crippen LogP contribution is -2.24. The van der Waals surface area contributed by atoms with Crippen LogP contribution in [-0.2, 0) is 0 Å². The Bertz CT molecular complexity index is 823. The molecule has 0 fully saturated rings. The maximum Gasteiger partial charge on any atom is 0.339 e. The fourth-order valence-electron chi connectivity index (χ4n) is 1.87. The standard InChI is InChI=1S/C15H13ClN4O4/c1-9-4-2-3-5-12(9)18-15(22)19-17-8-10-6-11(16)7-13(14(10)21)20(23)24/h2-8,21H,1H3,(H2,18,19,22). The Labute approximate surface area is 141 Å². The van der Waals surface area contributed by atoms with E-state index in [9.17, 15) is 20.0 Å². The van der Waals surface area contributed by atoms with Crippen LogP contribution in [-0.4, -0.2) is 22.3 Å². The number of hydrogen-bond donors (Lipinski definition) is 3. The average molecular weight is 349 g/mol. The number of nitrogens with one attached hydrogen (secondary N) is 2. The molecule has 0 saturated carbocycles. The number of aryl methyl sites for hydroxylation is 1. The highest BCUT2D eigenvalue weighted by Crippen LogP contribution is 2.32. The van der Waals surface area contributed by atoms with Crippen molar-refractivity contribution >= 4 is 35.2 Å². The first-order valence-corrected chi connectivity index (χ1v) is 7.09. The minimum atomic E-state index is -0.767. The fraction of sp³-hybridized carbons (Fsp3) is 0.0667. The second kappa shape index (κ2) is 7.42. The molecule has 0 aliphatic heterocycles. The van der Waals surface area contributed by atoms with Crippen LogP contribution < -0.4 is 10.7 Å². The van der Waals surface area contributed by atoms with Gasteiger partial charge in [0.05, 0.1) is 11.1 Å². The van der Waals surface area contributed by atoms with Gasteiger partial charge in [-0.05, 0) is 24.6 Å². The number of phenolic OH excluding ortho intramolecular Hbond substituents is 1. The van der Waals surface area contributed by atoms with Crippen LogP contribution in [0.2, 0.25) is 5.02 Å². The van der Waals surface area contributed by atoms with Crippen molar-refractivity contribution in [1.82, 2.24) is 5.43 Å². The van der Waals surface area contributed by atoms with E-state index in [4.69, 9.17) is 11.6 Å². The van der Waals surface area contributed by atoms with Crippen LogP contribution in [0, 0.1) is 17.0 Å². The summed E-state index contributed by atoms with van der Waals surface area (Å²) in [5, 5.41) is 26.9. The van der Waals surface area contributed by atoms with Crippen molar-refractivity contribution in [3.63, 3.8) is 0 Å². The molecule has 0 spiro atoms. The third kappa shape index (κ3) is 4.20. The van der Waals surface area contributed by atoms with Crippen molar-refractivity contribution in [3.05, 3.63) is 62.7 Å². The first-order chi connectivity index (χ1) is 11.4. The lowest BCUT2D eigenvalue weighted by molar-refractivity contribution is -0.385. The molecule has 0 aromatic heterocycles. The molecule has 0 saturated heterocycles. The quantitative estimate of drug-likeness (QED) is 0.445. The molecule has 2 aromatic rings. The molecule has 2 aromatic carbocycles. The molecule has 2 amide bonds. The molecule has 3 N–H and O–H groups in total. The van der Waals surface area contributed by atoms with Gasteiger partial charge in [0.25, 0.3) is 0 Å². The molecule has 24 heavy (non-hydrogen) atoms. The van der Waals surface area contributed by atoms with Gasteiger partial charge in [0.2, 0.25) is 5.75 Å². The highest BCUT2D eigenvalue weighted by atomic mass is 35.5. The number of carbonyl (C=O) groups is 1. The molecule has 9 heteroatoms. The van der Waals surface area contributed by atoms with Crippen molar-refractivity contribution in [3.8, 4) is 5.75 Å². The SMILES string of the molecule is Cc1ccccc1NC(=O)NN=Cc1cc(Cl)cc([N+](=O)[O-])c1O. The van der Waals surface area contributed by atoms with Crippen molar-refractivity contribution in [2.24, 2.45) is 5.10 Å². The highest BCUT2D eigenvalue weighted by Gasteiger charge is 2.17. The molecule has 0 atom stereocenters. The lowest BCUT2D eigenvalue weighted by Gasteiger charge is -2.07. The second-order valence-corrected chi connectivity index (χ2v) is 5.20. The summed E-state index contributed by atoms with van der Waals surface area (Å²) in [5.41, 5.74) is 3.15. The van der Waals surface area contributed by atoms with E-state index in [0.29, 0.717) is 5.69 Å². The largest absolute Gasteiger partial charge is 0.502 e. The Hall–Kier alpha value is -3.13. The Morgan fingerprint density at radius 2 is 2.08 bits per heavy atom. The minimum absolute atomic E-state index is 0.00499. The summed E-state index contributed by atoms with van der Waals surface area (Å²) in [5.74, 6) is -0.589. The molecule has 0 heterocycles. The van der Waals surface area contributed by atoms with Crippen molar-refractivity contribution in [1.29, 1.82) is 0 Å². The zero-order chi connectivity index (χ0) is 17.7. The number of rotatable bonds is 4. The number of hydrogen-bond acceptors (Lipinski definition) is 5. The van der Waals surface area contributed by atoms with E-state index >= 15 is 0 Å². The summed E-state index contributed by atoms with van der Waals surface area (Å²) < 4.78 is 0. The van der Waals surface area contributed by atoms with Gasteiger partial charge in [0.1, 0.15) is 0 Å². The first-order valence-electron chi connectivity index (χ1n) is 6.71. The van der Waals surface area contributed by atoms with Gasteiger partial charge < -0.3 is 10.4 Å². The second-order valence-electron chi connectivity index (χ2n) is 4.76. The molecule has 8 nitrogen and oxygen atoms in total.